The molecule has 0 unspecified atom stereocenters. The molecule has 0 saturated carbocycles. The highest BCUT2D eigenvalue weighted by Crippen LogP contribution is 2.43. The first-order valence-electron chi connectivity index (χ1n) is 16.6. The van der Waals surface area contributed by atoms with Gasteiger partial charge in [0.1, 0.15) is 35.2 Å². The van der Waals surface area contributed by atoms with Crippen LogP contribution in [0, 0.1) is 24.0 Å². The van der Waals surface area contributed by atoms with Crippen LogP contribution in [0.2, 0.25) is 0 Å². The maximum atomic E-state index is 17.0. The van der Waals surface area contributed by atoms with Crippen LogP contribution < -0.4 is 9.64 Å². The Balaban J connectivity index is 1.28. The number of hydrogen-bond donors (Lipinski definition) is 2. The van der Waals surface area contributed by atoms with Crippen molar-refractivity contribution in [2.24, 2.45) is 0 Å². The maximum Gasteiger partial charge on any atom is 0.319 e. The fourth-order valence-corrected chi connectivity index (χ4v) is 8.78. The minimum absolute atomic E-state index is 0.00787. The maximum absolute atomic E-state index is 17.0. The van der Waals surface area contributed by atoms with Crippen LogP contribution in [0.15, 0.2) is 43.1 Å². The summed E-state index contributed by atoms with van der Waals surface area (Å²) in [5.41, 5.74) is -1.49. The Bertz CT molecular complexity index is 2090. The van der Waals surface area contributed by atoms with Gasteiger partial charge in [-0.05, 0) is 75.4 Å². The van der Waals surface area contributed by atoms with Crippen LogP contribution in [0.1, 0.15) is 44.6 Å². The smallest absolute Gasteiger partial charge is 0.319 e. The number of carbonyl (C=O) groups excluding carboxylic acids is 1. The first kappa shape index (κ1) is 31.4. The number of ether oxygens (including phenoxy) is 1. The van der Waals surface area contributed by atoms with Gasteiger partial charge in [-0.1, -0.05) is 18.6 Å². The number of aliphatic hydroxyl groups is 1. The average molecular weight is 667 g/mol. The minimum atomic E-state index is -1.16. The van der Waals surface area contributed by atoms with Crippen molar-refractivity contribution in [3.63, 3.8) is 0 Å². The van der Waals surface area contributed by atoms with Crippen molar-refractivity contribution in [1.82, 2.24) is 24.8 Å². The van der Waals surface area contributed by atoms with Crippen molar-refractivity contribution < 1.29 is 28.5 Å². The Labute approximate surface area is 282 Å². The Kier molecular flexibility index (Phi) is 7.28. The Morgan fingerprint density at radius 1 is 1.20 bits per heavy atom. The zero-order chi connectivity index (χ0) is 34.2. The number of phenols is 1. The molecule has 4 aromatic rings. The third kappa shape index (κ3) is 4.89. The number of benzene rings is 2. The normalized spacial score (nSPS) is 24.4. The van der Waals surface area contributed by atoms with E-state index in [1.54, 1.807) is 11.8 Å². The van der Waals surface area contributed by atoms with E-state index in [0.717, 1.165) is 38.8 Å². The molecule has 2 bridgehead atoms. The van der Waals surface area contributed by atoms with Crippen LogP contribution >= 0.6 is 0 Å². The summed E-state index contributed by atoms with van der Waals surface area (Å²) in [5.74, 6) is 0.818. The summed E-state index contributed by atoms with van der Waals surface area (Å²) in [6.07, 6.45) is 12.9. The Morgan fingerprint density at radius 2 is 1.98 bits per heavy atom. The number of pyridine rings is 1. The van der Waals surface area contributed by atoms with Crippen LogP contribution in [0.3, 0.4) is 0 Å². The number of phenolic OH excluding ortho intramolecular Hbond substituents is 1. The molecular weight excluding hydrogens is 630 g/mol. The lowest BCUT2D eigenvalue weighted by Crippen LogP contribution is -2.59. The van der Waals surface area contributed by atoms with E-state index in [4.69, 9.17) is 16.1 Å². The van der Waals surface area contributed by atoms with E-state index >= 15 is 4.39 Å². The average Bonchev–Trinajstić information content (AvgIpc) is 3.71. The number of carbonyl (C=O) groups is 1. The molecule has 0 aliphatic carbocycles. The van der Waals surface area contributed by atoms with Gasteiger partial charge in [-0.2, -0.15) is 9.97 Å². The van der Waals surface area contributed by atoms with E-state index in [2.05, 4.69) is 27.4 Å². The van der Waals surface area contributed by atoms with Crippen molar-refractivity contribution >= 4 is 33.4 Å². The molecular formula is C37H36F2N6O4. The fourth-order valence-electron chi connectivity index (χ4n) is 8.78. The summed E-state index contributed by atoms with van der Waals surface area (Å²) in [6.45, 7) is 8.26. The van der Waals surface area contributed by atoms with E-state index in [0.29, 0.717) is 36.2 Å². The molecule has 0 radical (unpaired) electrons. The number of terminal acetylenes is 1. The number of fused-ring (bicyclic) bond motifs is 5. The van der Waals surface area contributed by atoms with Gasteiger partial charge in [0.05, 0.1) is 34.2 Å². The number of hydrogen-bond acceptors (Lipinski definition) is 9. The third-order valence-electron chi connectivity index (χ3n) is 11.0. The molecule has 4 fully saturated rings. The second kappa shape index (κ2) is 11.4. The topological polar surface area (TPSA) is 115 Å². The largest absolute Gasteiger partial charge is 0.508 e. The molecule has 3 atom stereocenters. The third-order valence-corrected chi connectivity index (χ3v) is 11.0. The molecule has 8 rings (SSSR count). The molecule has 4 aliphatic rings. The monoisotopic (exact) mass is 666 g/mol. The van der Waals surface area contributed by atoms with Crippen molar-refractivity contribution in [3.8, 4) is 35.4 Å². The van der Waals surface area contributed by atoms with Crippen molar-refractivity contribution in [3.05, 3.63) is 60.3 Å². The first-order chi connectivity index (χ1) is 23.5. The van der Waals surface area contributed by atoms with Crippen molar-refractivity contribution in [2.45, 2.75) is 62.3 Å². The van der Waals surface area contributed by atoms with Gasteiger partial charge < -0.3 is 24.7 Å². The van der Waals surface area contributed by atoms with Gasteiger partial charge in [0.2, 0.25) is 5.91 Å². The van der Waals surface area contributed by atoms with Crippen LogP contribution in [0.25, 0.3) is 32.9 Å². The van der Waals surface area contributed by atoms with Gasteiger partial charge >= 0.3 is 6.01 Å². The van der Waals surface area contributed by atoms with Gasteiger partial charge in [-0.15, -0.1) is 6.42 Å². The molecule has 10 nitrogen and oxygen atoms in total. The molecule has 6 heterocycles. The van der Waals surface area contributed by atoms with Crippen LogP contribution in [-0.4, -0.2) is 96.9 Å². The molecule has 2 N–H and O–H groups in total. The van der Waals surface area contributed by atoms with Gasteiger partial charge in [0, 0.05) is 36.7 Å². The van der Waals surface area contributed by atoms with E-state index < -0.39 is 23.3 Å². The molecule has 1 amide bonds. The number of aromatic nitrogens is 3. The number of anilines is 1. The number of aromatic hydroxyl groups is 1. The fraction of sp³-hybridized carbons (Fsp3) is 0.405. The highest BCUT2D eigenvalue weighted by molar-refractivity contribution is 6.03. The second-order valence-electron chi connectivity index (χ2n) is 14.0. The highest BCUT2D eigenvalue weighted by Gasteiger charge is 2.54. The zero-order valence-electron chi connectivity index (χ0n) is 27.1. The molecule has 2 aromatic heterocycles. The van der Waals surface area contributed by atoms with E-state index in [9.17, 15) is 19.4 Å². The van der Waals surface area contributed by atoms with Crippen molar-refractivity contribution in [1.29, 1.82) is 0 Å². The van der Waals surface area contributed by atoms with Crippen LogP contribution in [0.5, 0.6) is 11.8 Å². The number of rotatable bonds is 6. The molecule has 0 spiro atoms. The Morgan fingerprint density at radius 3 is 2.69 bits per heavy atom. The summed E-state index contributed by atoms with van der Waals surface area (Å²) in [5, 5.41) is 22.9. The summed E-state index contributed by atoms with van der Waals surface area (Å²) in [4.78, 5) is 32.8. The molecule has 4 saturated heterocycles. The van der Waals surface area contributed by atoms with E-state index in [1.165, 1.54) is 36.5 Å². The quantitative estimate of drug-likeness (QED) is 0.226. The number of piperazine rings is 1. The SMILES string of the molecule is C#Cc1c(F)ccc2cc(O)cc(-c3ncc4c(N5C[C@H]6C[C@@](C)(O)[C@@H](C5)N6C(=O)C=C)nc(OCC56CCCN5CCC6)nc4c3F)c12. The predicted molar refractivity (Wildman–Crippen MR) is 180 cm³/mol. The van der Waals surface area contributed by atoms with Crippen LogP contribution in [-0.2, 0) is 4.79 Å². The van der Waals surface area contributed by atoms with Gasteiger partial charge in [0.15, 0.2) is 5.82 Å². The second-order valence-corrected chi connectivity index (χ2v) is 14.0. The summed E-state index contributed by atoms with van der Waals surface area (Å²) in [6, 6.07) is 4.49. The summed E-state index contributed by atoms with van der Waals surface area (Å²) in [7, 11) is 0. The lowest BCUT2D eigenvalue weighted by Gasteiger charge is -2.42. The van der Waals surface area contributed by atoms with Gasteiger partial charge in [-0.3, -0.25) is 14.7 Å². The summed E-state index contributed by atoms with van der Waals surface area (Å²) < 4.78 is 38.2. The number of nitrogens with zero attached hydrogens (tertiary/aromatic N) is 6. The van der Waals surface area contributed by atoms with E-state index in [1.807, 2.05) is 4.90 Å². The van der Waals surface area contributed by atoms with E-state index in [-0.39, 0.29) is 63.5 Å². The number of halogens is 2. The molecule has 49 heavy (non-hydrogen) atoms. The molecule has 12 heteroatoms. The Hall–Kier alpha value is -4.86. The minimum Gasteiger partial charge on any atom is -0.508 e. The standard InChI is InChI=1S/C37H36F2N6O4/c1-4-24-27(38)9-8-21-14-23(46)15-25(30(21)24)32-31(39)33-26(17-40-32)34(42-35(41-33)49-20-37-10-6-12-44(37)13-7-11-37)43-18-22-16-36(3,48)28(19-43)45(22)29(47)5-2/h1,5,8-9,14-15,17,22,28,46,48H,2,6-7,10-13,16,18-20H2,3H3/t22-,28-,36-/m1/s1. The molecule has 2 aromatic carbocycles. The van der Waals surface area contributed by atoms with Gasteiger partial charge in [0.25, 0.3) is 0 Å². The molecule has 252 valence electrons. The van der Waals surface area contributed by atoms with Gasteiger partial charge in [-0.25, -0.2) is 8.78 Å². The molecule has 4 aliphatic heterocycles. The highest BCUT2D eigenvalue weighted by atomic mass is 19.1. The lowest BCUT2D eigenvalue weighted by molar-refractivity contribution is -0.131. The summed E-state index contributed by atoms with van der Waals surface area (Å²) >= 11 is 0. The van der Waals surface area contributed by atoms with Crippen molar-refractivity contribution in [2.75, 3.05) is 37.7 Å². The predicted octanol–water partition coefficient (Wildman–Crippen LogP) is 4.54. The number of amides is 1. The van der Waals surface area contributed by atoms with Crippen LogP contribution in [0.4, 0.5) is 14.6 Å². The lowest BCUT2D eigenvalue weighted by atomic mass is 9.95. The zero-order valence-corrected chi connectivity index (χ0v) is 27.1. The first-order valence-corrected chi connectivity index (χ1v) is 16.6.